The first-order valence-electron chi connectivity index (χ1n) is 6.04. The van der Waals surface area contributed by atoms with Gasteiger partial charge in [-0.2, -0.15) is 5.26 Å². The monoisotopic (exact) mass is 235 g/mol. The van der Waals surface area contributed by atoms with Gasteiger partial charge in [0, 0.05) is 1.43 Å². The SMILES string of the molecule is CC1CCC(c2cc(O)c(C#N)c(F)c2)CC1.[HH]. The van der Waals surface area contributed by atoms with Gasteiger partial charge in [-0.05, 0) is 42.4 Å². The van der Waals surface area contributed by atoms with E-state index >= 15 is 0 Å². The summed E-state index contributed by atoms with van der Waals surface area (Å²) in [6.07, 6.45) is 4.36. The molecule has 0 radical (unpaired) electrons. The van der Waals surface area contributed by atoms with Gasteiger partial charge < -0.3 is 5.11 Å². The van der Waals surface area contributed by atoms with Gasteiger partial charge in [-0.15, -0.1) is 0 Å². The maximum Gasteiger partial charge on any atom is 0.145 e. The van der Waals surface area contributed by atoms with Crippen LogP contribution in [0.4, 0.5) is 4.39 Å². The van der Waals surface area contributed by atoms with Gasteiger partial charge in [-0.1, -0.05) is 19.8 Å². The molecule has 0 bridgehead atoms. The topological polar surface area (TPSA) is 44.0 Å². The van der Waals surface area contributed by atoms with E-state index in [1.807, 2.05) is 0 Å². The molecule has 1 aromatic carbocycles. The molecule has 1 aromatic rings. The molecule has 0 spiro atoms. The minimum Gasteiger partial charge on any atom is -0.506 e. The molecule has 17 heavy (non-hydrogen) atoms. The van der Waals surface area contributed by atoms with Gasteiger partial charge >= 0.3 is 0 Å². The third-order valence-electron chi connectivity index (χ3n) is 3.69. The summed E-state index contributed by atoms with van der Waals surface area (Å²) < 4.78 is 13.6. The summed E-state index contributed by atoms with van der Waals surface area (Å²) in [5.74, 6) is 0.213. The summed E-state index contributed by atoms with van der Waals surface area (Å²) in [6, 6.07) is 4.62. The summed E-state index contributed by atoms with van der Waals surface area (Å²) in [4.78, 5) is 0. The molecule has 0 saturated heterocycles. The van der Waals surface area contributed by atoms with Crippen molar-refractivity contribution in [2.24, 2.45) is 5.92 Å². The van der Waals surface area contributed by atoms with Gasteiger partial charge in [0.1, 0.15) is 23.2 Å². The summed E-state index contributed by atoms with van der Waals surface area (Å²) in [5, 5.41) is 18.3. The molecule has 0 heterocycles. The van der Waals surface area contributed by atoms with Crippen molar-refractivity contribution in [3.05, 3.63) is 29.1 Å². The summed E-state index contributed by atoms with van der Waals surface area (Å²) >= 11 is 0. The second-order valence-electron chi connectivity index (χ2n) is 4.97. The average molecular weight is 235 g/mol. The van der Waals surface area contributed by atoms with Gasteiger partial charge in [-0.25, -0.2) is 4.39 Å². The highest BCUT2D eigenvalue weighted by atomic mass is 19.1. The van der Waals surface area contributed by atoms with Crippen LogP contribution >= 0.6 is 0 Å². The second kappa shape index (κ2) is 4.75. The number of phenols is 1. The molecule has 1 saturated carbocycles. The van der Waals surface area contributed by atoms with Crippen LogP contribution in [0.2, 0.25) is 0 Å². The Bertz CT molecular complexity index is 438. The number of rotatable bonds is 1. The Balaban J connectivity index is 0.00000162. The van der Waals surface area contributed by atoms with Gasteiger partial charge in [0.15, 0.2) is 0 Å². The van der Waals surface area contributed by atoms with Gasteiger partial charge in [-0.3, -0.25) is 0 Å². The molecule has 3 heteroatoms. The van der Waals surface area contributed by atoms with E-state index in [1.54, 1.807) is 12.1 Å². The molecule has 92 valence electrons. The number of halogens is 1. The van der Waals surface area contributed by atoms with Crippen molar-refractivity contribution in [2.45, 2.75) is 38.5 Å². The summed E-state index contributed by atoms with van der Waals surface area (Å²) in [7, 11) is 0. The number of benzene rings is 1. The van der Waals surface area contributed by atoms with Crippen molar-refractivity contribution in [3.63, 3.8) is 0 Å². The van der Waals surface area contributed by atoms with Gasteiger partial charge in [0.05, 0.1) is 0 Å². The van der Waals surface area contributed by atoms with E-state index in [4.69, 9.17) is 5.26 Å². The molecule has 2 nitrogen and oxygen atoms in total. The van der Waals surface area contributed by atoms with Crippen LogP contribution in [0.15, 0.2) is 12.1 Å². The summed E-state index contributed by atoms with van der Waals surface area (Å²) in [5.41, 5.74) is 0.573. The Morgan fingerprint density at radius 3 is 2.53 bits per heavy atom. The third-order valence-corrected chi connectivity index (χ3v) is 3.69. The van der Waals surface area contributed by atoms with Crippen LogP contribution in [-0.4, -0.2) is 5.11 Å². The van der Waals surface area contributed by atoms with Crippen LogP contribution in [-0.2, 0) is 0 Å². The molecule has 2 rings (SSSR count). The van der Waals surface area contributed by atoms with Crippen molar-refractivity contribution >= 4 is 0 Å². The van der Waals surface area contributed by atoms with E-state index in [9.17, 15) is 9.50 Å². The minimum atomic E-state index is -0.610. The van der Waals surface area contributed by atoms with E-state index in [-0.39, 0.29) is 12.7 Å². The zero-order chi connectivity index (χ0) is 12.4. The minimum absolute atomic E-state index is 0. The quantitative estimate of drug-likeness (QED) is 0.801. The third kappa shape index (κ3) is 2.41. The van der Waals surface area contributed by atoms with E-state index in [2.05, 4.69) is 6.92 Å². The first-order chi connectivity index (χ1) is 8.11. The van der Waals surface area contributed by atoms with Crippen LogP contribution in [0.5, 0.6) is 5.75 Å². The van der Waals surface area contributed by atoms with Gasteiger partial charge in [0.2, 0.25) is 0 Å². The molecule has 1 fully saturated rings. The van der Waals surface area contributed by atoms with E-state index in [0.717, 1.165) is 37.2 Å². The smallest absolute Gasteiger partial charge is 0.145 e. The molecule has 1 aliphatic carbocycles. The van der Waals surface area contributed by atoms with Crippen LogP contribution in [0.1, 0.15) is 51.1 Å². The lowest BCUT2D eigenvalue weighted by Gasteiger charge is -2.26. The molecule has 0 atom stereocenters. The fraction of sp³-hybridized carbons (Fsp3) is 0.500. The predicted octanol–water partition coefficient (Wildman–Crippen LogP) is 3.94. The number of hydrogen-bond acceptors (Lipinski definition) is 2. The number of hydrogen-bond donors (Lipinski definition) is 1. The first kappa shape index (κ1) is 11.9. The number of aromatic hydroxyl groups is 1. The van der Waals surface area contributed by atoms with Crippen molar-refractivity contribution in [2.75, 3.05) is 0 Å². The Labute approximate surface area is 102 Å². The highest BCUT2D eigenvalue weighted by molar-refractivity contribution is 5.46. The van der Waals surface area contributed by atoms with Crippen molar-refractivity contribution < 1.29 is 10.9 Å². The highest BCUT2D eigenvalue weighted by Gasteiger charge is 2.21. The molecule has 0 unspecified atom stereocenters. The molecule has 0 amide bonds. The van der Waals surface area contributed by atoms with Crippen molar-refractivity contribution in [1.29, 1.82) is 5.26 Å². The van der Waals surface area contributed by atoms with Crippen molar-refractivity contribution in [1.82, 2.24) is 0 Å². The second-order valence-corrected chi connectivity index (χ2v) is 4.97. The van der Waals surface area contributed by atoms with Crippen LogP contribution in [0, 0.1) is 23.1 Å². The largest absolute Gasteiger partial charge is 0.506 e. The fourth-order valence-corrected chi connectivity index (χ4v) is 2.55. The lowest BCUT2D eigenvalue weighted by molar-refractivity contribution is 0.346. The first-order valence-corrected chi connectivity index (χ1v) is 6.04. The Morgan fingerprint density at radius 2 is 2.00 bits per heavy atom. The van der Waals surface area contributed by atoms with Crippen molar-refractivity contribution in [3.8, 4) is 11.8 Å². The Morgan fingerprint density at radius 1 is 1.35 bits per heavy atom. The molecular weight excluding hydrogens is 217 g/mol. The van der Waals surface area contributed by atoms with E-state index in [1.165, 1.54) is 6.07 Å². The molecule has 0 aromatic heterocycles. The summed E-state index contributed by atoms with van der Waals surface area (Å²) in [6.45, 7) is 2.23. The molecule has 0 aliphatic heterocycles. The number of phenolic OH excluding ortho intramolecular Hbond substituents is 1. The fourth-order valence-electron chi connectivity index (χ4n) is 2.55. The normalized spacial score (nSPS) is 24.3. The molecule has 1 N–H and O–H groups in total. The van der Waals surface area contributed by atoms with Crippen LogP contribution < -0.4 is 0 Å². The van der Waals surface area contributed by atoms with Crippen LogP contribution in [0.3, 0.4) is 0 Å². The molecular formula is C14H18FNO. The standard InChI is InChI=1S/C14H16FNO.H2/c1-9-2-4-10(5-3-9)11-6-13(15)12(8-16)14(17)7-11;/h6-7,9-10,17H,2-5H2,1H3;1H. The van der Waals surface area contributed by atoms with Crippen LogP contribution in [0.25, 0.3) is 0 Å². The number of nitriles is 1. The average Bonchev–Trinajstić information content (AvgIpc) is 2.29. The number of nitrogens with zero attached hydrogens (tertiary/aromatic N) is 1. The highest BCUT2D eigenvalue weighted by Crippen LogP contribution is 2.37. The van der Waals surface area contributed by atoms with E-state index in [0.29, 0.717) is 5.92 Å². The lowest BCUT2D eigenvalue weighted by atomic mass is 9.79. The zero-order valence-corrected chi connectivity index (χ0v) is 9.91. The Kier molecular flexibility index (Phi) is 3.33. The van der Waals surface area contributed by atoms with Gasteiger partial charge in [0.25, 0.3) is 0 Å². The lowest BCUT2D eigenvalue weighted by Crippen LogP contribution is -2.11. The predicted molar refractivity (Wildman–Crippen MR) is 65.3 cm³/mol. The zero-order valence-electron chi connectivity index (χ0n) is 9.91. The maximum absolute atomic E-state index is 13.6. The Hall–Kier alpha value is -1.56. The maximum atomic E-state index is 13.6. The molecule has 1 aliphatic rings. The van der Waals surface area contributed by atoms with E-state index < -0.39 is 5.82 Å².